The number of nitrogens with one attached hydrogen (secondary N) is 1. The van der Waals surface area contributed by atoms with E-state index in [9.17, 15) is 4.79 Å². The number of hydrogen-bond donors (Lipinski definition) is 1. The molecule has 3 rings (SSSR count). The number of hydrogen-bond acceptors (Lipinski definition) is 6. The third kappa shape index (κ3) is 5.22. The summed E-state index contributed by atoms with van der Waals surface area (Å²) in [5.74, 6) is 0.858. The van der Waals surface area contributed by atoms with Gasteiger partial charge in [0, 0.05) is 6.20 Å². The largest absolute Gasteiger partial charge is 0.483 e. The minimum absolute atomic E-state index is 0.110. The zero-order valence-corrected chi connectivity index (χ0v) is 14.9. The molecule has 0 aliphatic rings. The van der Waals surface area contributed by atoms with Crippen LogP contribution in [0.25, 0.3) is 0 Å². The van der Waals surface area contributed by atoms with E-state index in [4.69, 9.17) is 9.15 Å². The number of aryl methyl sites for hydroxylation is 1. The summed E-state index contributed by atoms with van der Waals surface area (Å²) in [5.41, 5.74) is 3.38. The predicted molar refractivity (Wildman–Crippen MR) is 99.5 cm³/mol. The number of para-hydroxylation sites is 1. The fourth-order valence-electron chi connectivity index (χ4n) is 2.03. The lowest BCUT2D eigenvalue weighted by molar-refractivity contribution is -0.123. The van der Waals surface area contributed by atoms with Gasteiger partial charge < -0.3 is 9.15 Å². The predicted octanol–water partition coefficient (Wildman–Crippen LogP) is 3.66. The first-order chi connectivity index (χ1) is 12.7. The van der Waals surface area contributed by atoms with Crippen LogP contribution in [0.15, 0.2) is 80.4 Å². The van der Waals surface area contributed by atoms with Gasteiger partial charge in [-0.3, -0.25) is 4.79 Å². The van der Waals surface area contributed by atoms with E-state index in [1.807, 2.05) is 55.5 Å². The number of pyridine rings is 1. The summed E-state index contributed by atoms with van der Waals surface area (Å²) in [7, 11) is 0. The molecule has 6 nitrogen and oxygen atoms in total. The van der Waals surface area contributed by atoms with Crippen LogP contribution in [0.4, 0.5) is 0 Å². The van der Waals surface area contributed by atoms with Gasteiger partial charge in [-0.05, 0) is 54.6 Å². The van der Waals surface area contributed by atoms with Crippen molar-refractivity contribution >= 4 is 23.9 Å². The molecule has 0 bridgehead atoms. The Morgan fingerprint density at radius 1 is 1.23 bits per heavy atom. The quantitative estimate of drug-likeness (QED) is 0.509. The topological polar surface area (TPSA) is 76.7 Å². The molecule has 1 N–H and O–H groups in total. The molecule has 3 aromatic rings. The highest BCUT2D eigenvalue weighted by molar-refractivity contribution is 7.99. The first kappa shape index (κ1) is 17.8. The monoisotopic (exact) mass is 367 g/mol. The summed E-state index contributed by atoms with van der Waals surface area (Å²) in [6.07, 6.45) is 3.16. The lowest BCUT2D eigenvalue weighted by Gasteiger charge is -2.07. The number of furan rings is 1. The summed E-state index contributed by atoms with van der Waals surface area (Å²) in [6.45, 7) is 1.81. The highest BCUT2D eigenvalue weighted by Gasteiger charge is 2.05. The van der Waals surface area contributed by atoms with Crippen LogP contribution in [0.5, 0.6) is 5.75 Å². The third-order valence-electron chi connectivity index (χ3n) is 3.28. The maximum Gasteiger partial charge on any atom is 0.277 e. The fraction of sp³-hybridized carbons (Fsp3) is 0.105. The lowest BCUT2D eigenvalue weighted by Crippen LogP contribution is -2.24. The Kier molecular flexibility index (Phi) is 6.05. The molecule has 132 valence electrons. The number of amides is 1. The molecule has 0 spiro atoms. The van der Waals surface area contributed by atoms with E-state index in [2.05, 4.69) is 15.5 Å². The molecule has 7 heteroatoms. The van der Waals surface area contributed by atoms with E-state index in [0.717, 1.165) is 10.6 Å². The molecule has 0 aliphatic carbocycles. The molecular weight excluding hydrogens is 350 g/mol. The van der Waals surface area contributed by atoms with Crippen LogP contribution in [0.2, 0.25) is 0 Å². The number of hydrazone groups is 1. The van der Waals surface area contributed by atoms with Gasteiger partial charge in [0.15, 0.2) is 11.7 Å². The van der Waals surface area contributed by atoms with Crippen LogP contribution in [0.3, 0.4) is 0 Å². The summed E-state index contributed by atoms with van der Waals surface area (Å²) in [5, 5.41) is 5.41. The van der Waals surface area contributed by atoms with E-state index in [1.54, 1.807) is 12.3 Å². The van der Waals surface area contributed by atoms with Crippen LogP contribution < -0.4 is 10.2 Å². The van der Waals surface area contributed by atoms with Crippen molar-refractivity contribution < 1.29 is 13.9 Å². The molecule has 0 saturated carbocycles. The van der Waals surface area contributed by atoms with Crippen molar-refractivity contribution in [3.8, 4) is 5.75 Å². The van der Waals surface area contributed by atoms with Gasteiger partial charge >= 0.3 is 0 Å². The zero-order valence-electron chi connectivity index (χ0n) is 14.1. The van der Waals surface area contributed by atoms with Crippen molar-refractivity contribution in [2.24, 2.45) is 5.10 Å². The Balaban J connectivity index is 1.46. The number of rotatable bonds is 7. The van der Waals surface area contributed by atoms with Gasteiger partial charge in [-0.25, -0.2) is 10.4 Å². The molecule has 26 heavy (non-hydrogen) atoms. The van der Waals surface area contributed by atoms with Gasteiger partial charge in [-0.15, -0.1) is 0 Å². The van der Waals surface area contributed by atoms with Crippen molar-refractivity contribution in [2.45, 2.75) is 17.0 Å². The zero-order chi connectivity index (χ0) is 18.2. The summed E-state index contributed by atoms with van der Waals surface area (Å²) in [4.78, 5) is 16.0. The minimum atomic E-state index is -0.348. The van der Waals surface area contributed by atoms with Crippen molar-refractivity contribution in [1.29, 1.82) is 0 Å². The Morgan fingerprint density at radius 3 is 2.88 bits per heavy atom. The Hall–Kier alpha value is -3.06. The molecule has 0 saturated heterocycles. The minimum Gasteiger partial charge on any atom is -0.483 e. The number of nitrogens with zero attached hydrogens (tertiary/aromatic N) is 2. The van der Waals surface area contributed by atoms with Crippen LogP contribution in [-0.4, -0.2) is 23.7 Å². The summed E-state index contributed by atoms with van der Waals surface area (Å²) < 4.78 is 11.1. The number of benzene rings is 1. The lowest BCUT2D eigenvalue weighted by atomic mass is 10.2. The molecule has 0 fully saturated rings. The summed E-state index contributed by atoms with van der Waals surface area (Å²) in [6, 6.07) is 16.8. The molecule has 0 radical (unpaired) electrons. The Bertz CT molecular complexity index is 894. The molecule has 0 atom stereocenters. The van der Waals surface area contributed by atoms with Crippen molar-refractivity contribution in [1.82, 2.24) is 10.4 Å². The maximum atomic E-state index is 11.8. The molecule has 1 amide bonds. The average molecular weight is 367 g/mol. The second-order valence-electron chi connectivity index (χ2n) is 5.27. The second kappa shape index (κ2) is 8.87. The first-order valence-electron chi connectivity index (χ1n) is 7.90. The van der Waals surface area contributed by atoms with E-state index in [0.29, 0.717) is 16.6 Å². The van der Waals surface area contributed by atoms with Gasteiger partial charge in [0.2, 0.25) is 0 Å². The highest BCUT2D eigenvalue weighted by atomic mass is 32.2. The van der Waals surface area contributed by atoms with E-state index >= 15 is 0 Å². The molecule has 2 aromatic heterocycles. The Morgan fingerprint density at radius 2 is 2.08 bits per heavy atom. The van der Waals surface area contributed by atoms with Gasteiger partial charge in [-0.2, -0.15) is 5.10 Å². The van der Waals surface area contributed by atoms with Crippen LogP contribution in [0.1, 0.15) is 11.3 Å². The van der Waals surface area contributed by atoms with Crippen molar-refractivity contribution in [3.63, 3.8) is 0 Å². The Labute approximate surface area is 155 Å². The van der Waals surface area contributed by atoms with Crippen LogP contribution in [0, 0.1) is 6.92 Å². The second-order valence-corrected chi connectivity index (χ2v) is 6.30. The average Bonchev–Trinajstić information content (AvgIpc) is 3.09. The van der Waals surface area contributed by atoms with E-state index in [-0.39, 0.29) is 12.5 Å². The SMILES string of the molecule is Cc1ccccc1OCC(=O)N/N=C/c1ccc(Sc2ccccn2)o1. The third-order valence-corrected chi connectivity index (χ3v) is 4.15. The van der Waals surface area contributed by atoms with Crippen molar-refractivity contribution in [2.75, 3.05) is 6.61 Å². The van der Waals surface area contributed by atoms with E-state index in [1.165, 1.54) is 18.0 Å². The fourth-order valence-corrected chi connectivity index (χ4v) is 2.77. The maximum absolute atomic E-state index is 11.8. The number of aromatic nitrogens is 1. The highest BCUT2D eigenvalue weighted by Crippen LogP contribution is 2.26. The van der Waals surface area contributed by atoms with Crippen LogP contribution >= 0.6 is 11.8 Å². The van der Waals surface area contributed by atoms with Crippen molar-refractivity contribution in [3.05, 3.63) is 72.1 Å². The van der Waals surface area contributed by atoms with Gasteiger partial charge in [0.25, 0.3) is 5.91 Å². The normalized spacial score (nSPS) is 10.8. The van der Waals surface area contributed by atoms with Gasteiger partial charge in [0.1, 0.15) is 16.5 Å². The number of ether oxygens (including phenoxy) is 1. The molecule has 0 aliphatic heterocycles. The van der Waals surface area contributed by atoms with Gasteiger partial charge in [0.05, 0.1) is 6.21 Å². The van der Waals surface area contributed by atoms with Crippen LogP contribution in [-0.2, 0) is 4.79 Å². The number of carbonyl (C=O) groups is 1. The first-order valence-corrected chi connectivity index (χ1v) is 8.71. The molecule has 1 aromatic carbocycles. The molecular formula is C19H17N3O3S. The summed E-state index contributed by atoms with van der Waals surface area (Å²) >= 11 is 1.41. The standard InChI is InChI=1S/C19H17N3O3S/c1-14-6-2-3-7-16(14)24-13-17(23)22-21-12-15-9-10-19(25-15)26-18-8-4-5-11-20-18/h2-12H,13H2,1H3,(H,22,23)/b21-12+. The smallest absolute Gasteiger partial charge is 0.277 e. The van der Waals surface area contributed by atoms with Gasteiger partial charge in [-0.1, -0.05) is 24.3 Å². The molecule has 0 unspecified atom stereocenters. The molecule has 2 heterocycles. The van der Waals surface area contributed by atoms with E-state index < -0.39 is 0 Å². The number of carbonyl (C=O) groups excluding carboxylic acids is 1.